The third-order valence-corrected chi connectivity index (χ3v) is 6.94. The van der Waals surface area contributed by atoms with E-state index in [1.807, 2.05) is 0 Å². The number of carbonyl (C=O) groups excluding carboxylic acids is 5. The highest BCUT2D eigenvalue weighted by Crippen LogP contribution is 2.36. The zero-order chi connectivity index (χ0) is 25.4. The molecule has 1 unspecified atom stereocenters. The van der Waals surface area contributed by atoms with Crippen molar-refractivity contribution in [3.8, 4) is 0 Å². The van der Waals surface area contributed by atoms with Crippen molar-refractivity contribution < 1.29 is 33.4 Å². The molecule has 2 heterocycles. The summed E-state index contributed by atoms with van der Waals surface area (Å²) in [5.74, 6) is -2.96. The van der Waals surface area contributed by atoms with Gasteiger partial charge in [-0.1, -0.05) is 29.3 Å². The molecule has 180 valence electrons. The molecule has 0 aliphatic carbocycles. The SMILES string of the molecule is COC(=O)c1sc(NC(=O)CN2C(=O)NC(C)(c3ccc(Cl)cc3Cl)C2=O)c(C(=O)OC)c1C. The maximum Gasteiger partial charge on any atom is 0.348 e. The number of benzene rings is 1. The maximum atomic E-state index is 13.1. The molecule has 4 amide bonds. The molecule has 1 aromatic carbocycles. The van der Waals surface area contributed by atoms with Gasteiger partial charge >= 0.3 is 18.0 Å². The third-order valence-electron chi connectivity index (χ3n) is 5.21. The van der Waals surface area contributed by atoms with Crippen molar-refractivity contribution in [1.82, 2.24) is 10.2 Å². The van der Waals surface area contributed by atoms with E-state index in [0.29, 0.717) is 10.6 Å². The zero-order valence-electron chi connectivity index (χ0n) is 18.4. The number of hydrogen-bond donors (Lipinski definition) is 2. The molecular weight excluding hydrogens is 509 g/mol. The van der Waals surface area contributed by atoms with E-state index in [1.165, 1.54) is 39.2 Å². The van der Waals surface area contributed by atoms with Gasteiger partial charge in [-0.25, -0.2) is 14.4 Å². The van der Waals surface area contributed by atoms with Crippen LogP contribution in [0.4, 0.5) is 9.80 Å². The van der Waals surface area contributed by atoms with Crippen LogP contribution >= 0.6 is 34.5 Å². The molecule has 1 fully saturated rings. The van der Waals surface area contributed by atoms with Crippen molar-refractivity contribution in [1.29, 1.82) is 0 Å². The molecule has 1 aromatic heterocycles. The van der Waals surface area contributed by atoms with E-state index in [1.54, 1.807) is 0 Å². The van der Waals surface area contributed by atoms with Gasteiger partial charge in [0.25, 0.3) is 5.91 Å². The van der Waals surface area contributed by atoms with Crippen molar-refractivity contribution in [2.75, 3.05) is 26.1 Å². The molecule has 34 heavy (non-hydrogen) atoms. The quantitative estimate of drug-likeness (QED) is 0.434. The van der Waals surface area contributed by atoms with Gasteiger partial charge in [0.05, 0.1) is 19.8 Å². The van der Waals surface area contributed by atoms with Crippen LogP contribution in [-0.4, -0.2) is 55.4 Å². The highest BCUT2D eigenvalue weighted by Gasteiger charge is 2.50. The fraction of sp³-hybridized carbons (Fsp3) is 0.286. The van der Waals surface area contributed by atoms with Gasteiger partial charge in [-0.15, -0.1) is 11.3 Å². The van der Waals surface area contributed by atoms with Gasteiger partial charge < -0.3 is 20.1 Å². The normalized spacial score (nSPS) is 17.4. The first-order valence-electron chi connectivity index (χ1n) is 9.64. The molecule has 2 aromatic rings. The van der Waals surface area contributed by atoms with E-state index in [4.69, 9.17) is 32.7 Å². The Labute approximate surface area is 208 Å². The van der Waals surface area contributed by atoms with Crippen LogP contribution in [0, 0.1) is 6.92 Å². The van der Waals surface area contributed by atoms with Crippen LogP contribution in [-0.2, 0) is 24.6 Å². The van der Waals surface area contributed by atoms with E-state index in [9.17, 15) is 24.0 Å². The number of esters is 2. The minimum absolute atomic E-state index is 0.0188. The van der Waals surface area contributed by atoms with Crippen LogP contribution in [0.25, 0.3) is 0 Å². The number of halogens is 2. The molecule has 1 saturated heterocycles. The van der Waals surface area contributed by atoms with Gasteiger partial charge in [0.15, 0.2) is 0 Å². The summed E-state index contributed by atoms with van der Waals surface area (Å²) in [6.45, 7) is 2.31. The van der Waals surface area contributed by atoms with E-state index in [2.05, 4.69) is 10.6 Å². The molecule has 10 nitrogen and oxygen atoms in total. The smallest absolute Gasteiger partial charge is 0.348 e. The average molecular weight is 528 g/mol. The summed E-state index contributed by atoms with van der Waals surface area (Å²) in [4.78, 5) is 63.5. The topological polar surface area (TPSA) is 131 Å². The van der Waals surface area contributed by atoms with E-state index >= 15 is 0 Å². The van der Waals surface area contributed by atoms with Crippen molar-refractivity contribution >= 4 is 69.3 Å². The second-order valence-corrected chi connectivity index (χ2v) is 9.23. The highest BCUT2D eigenvalue weighted by molar-refractivity contribution is 7.18. The number of thiophene rings is 1. The Morgan fingerprint density at radius 1 is 1.15 bits per heavy atom. The van der Waals surface area contributed by atoms with Crippen LogP contribution in [0.2, 0.25) is 10.0 Å². The number of nitrogens with zero attached hydrogens (tertiary/aromatic N) is 1. The minimum atomic E-state index is -1.52. The molecule has 0 saturated carbocycles. The van der Waals surface area contributed by atoms with Crippen molar-refractivity contribution in [2.24, 2.45) is 0 Å². The Morgan fingerprint density at radius 2 is 1.79 bits per heavy atom. The Balaban J connectivity index is 1.85. The number of ether oxygens (including phenoxy) is 2. The lowest BCUT2D eigenvalue weighted by Gasteiger charge is -2.23. The van der Waals surface area contributed by atoms with Gasteiger partial charge in [-0.3, -0.25) is 14.5 Å². The lowest BCUT2D eigenvalue weighted by Crippen LogP contribution is -2.42. The third kappa shape index (κ3) is 4.46. The number of anilines is 1. The summed E-state index contributed by atoms with van der Waals surface area (Å²) in [5, 5.41) is 5.56. The van der Waals surface area contributed by atoms with E-state index in [-0.39, 0.29) is 26.0 Å². The Morgan fingerprint density at radius 3 is 2.38 bits per heavy atom. The molecule has 1 aliphatic rings. The van der Waals surface area contributed by atoms with Crippen molar-refractivity contribution in [3.05, 3.63) is 49.8 Å². The average Bonchev–Trinajstić information content (AvgIpc) is 3.21. The number of nitrogens with one attached hydrogen (secondary N) is 2. The number of methoxy groups -OCH3 is 2. The Hall–Kier alpha value is -3.15. The summed E-state index contributed by atoms with van der Waals surface area (Å²) in [7, 11) is 2.33. The fourth-order valence-corrected chi connectivity index (χ4v) is 5.19. The predicted octanol–water partition coefficient (Wildman–Crippen LogP) is 3.34. The molecule has 0 spiro atoms. The fourth-order valence-electron chi connectivity index (χ4n) is 3.46. The molecule has 0 radical (unpaired) electrons. The molecule has 1 aliphatic heterocycles. The lowest BCUT2D eigenvalue weighted by atomic mass is 9.92. The lowest BCUT2D eigenvalue weighted by molar-refractivity contribution is -0.133. The first kappa shape index (κ1) is 25.5. The first-order chi connectivity index (χ1) is 15.9. The number of carbonyl (C=O) groups is 5. The van der Waals surface area contributed by atoms with Gasteiger partial charge in [-0.2, -0.15) is 0 Å². The number of rotatable bonds is 6. The number of amides is 4. The zero-order valence-corrected chi connectivity index (χ0v) is 20.7. The molecule has 13 heteroatoms. The van der Waals surface area contributed by atoms with Crippen LogP contribution < -0.4 is 10.6 Å². The van der Waals surface area contributed by atoms with Gasteiger partial charge in [-0.05, 0) is 31.5 Å². The predicted molar refractivity (Wildman–Crippen MR) is 124 cm³/mol. The largest absolute Gasteiger partial charge is 0.465 e. The first-order valence-corrected chi connectivity index (χ1v) is 11.2. The van der Waals surface area contributed by atoms with Crippen LogP contribution in [0.5, 0.6) is 0 Å². The number of imide groups is 1. The van der Waals surface area contributed by atoms with E-state index < -0.39 is 41.9 Å². The summed E-state index contributed by atoms with van der Waals surface area (Å²) in [5.41, 5.74) is -0.979. The van der Waals surface area contributed by atoms with Gasteiger partial charge in [0.2, 0.25) is 5.91 Å². The van der Waals surface area contributed by atoms with Crippen LogP contribution in [0.15, 0.2) is 18.2 Å². The summed E-state index contributed by atoms with van der Waals surface area (Å²) < 4.78 is 9.45. The molecule has 2 N–H and O–H groups in total. The molecular formula is C21H19Cl2N3O7S. The minimum Gasteiger partial charge on any atom is -0.465 e. The van der Waals surface area contributed by atoms with Gasteiger partial charge in [0, 0.05) is 15.6 Å². The van der Waals surface area contributed by atoms with Crippen LogP contribution in [0.1, 0.15) is 38.1 Å². The maximum absolute atomic E-state index is 13.1. The number of urea groups is 1. The highest BCUT2D eigenvalue weighted by atomic mass is 35.5. The number of hydrogen-bond acceptors (Lipinski definition) is 8. The monoisotopic (exact) mass is 527 g/mol. The molecule has 3 rings (SSSR count). The summed E-state index contributed by atoms with van der Waals surface area (Å²) in [6.07, 6.45) is 0. The molecule has 1 atom stereocenters. The standard InChI is InChI=1S/C21H19Cl2N3O7S/c1-9-14(17(28)32-3)16(34-15(9)18(29)33-4)24-13(27)8-26-19(30)21(2,25-20(26)31)11-6-5-10(22)7-12(11)23/h5-7H,8H2,1-4H3,(H,24,27)(H,25,31). The Bertz CT molecular complexity index is 1230. The summed E-state index contributed by atoms with van der Waals surface area (Å²) in [6, 6.07) is 3.66. The van der Waals surface area contributed by atoms with Crippen molar-refractivity contribution in [3.63, 3.8) is 0 Å². The molecule has 0 bridgehead atoms. The van der Waals surface area contributed by atoms with Crippen molar-refractivity contribution in [2.45, 2.75) is 19.4 Å². The van der Waals surface area contributed by atoms with E-state index in [0.717, 1.165) is 23.3 Å². The van der Waals surface area contributed by atoms with Crippen LogP contribution in [0.3, 0.4) is 0 Å². The van der Waals surface area contributed by atoms with Gasteiger partial charge in [0.1, 0.15) is 22.0 Å². The Kier molecular flexibility index (Phi) is 7.20. The second kappa shape index (κ2) is 9.61. The summed E-state index contributed by atoms with van der Waals surface area (Å²) >= 11 is 12.9. The second-order valence-electron chi connectivity index (χ2n) is 7.36.